The number of aliphatic hydroxyl groups is 1. The molecule has 1 N–H and O–H groups in total. The van der Waals surface area contributed by atoms with E-state index in [4.69, 9.17) is 5.11 Å². The van der Waals surface area contributed by atoms with E-state index < -0.39 is 0 Å². The smallest absolute Gasteiger partial charge is 0.0540 e. The average molecular weight is 216 g/mol. The monoisotopic (exact) mass is 216 g/mol. The number of hydrogen-bond acceptors (Lipinski definition) is 2. The van der Waals surface area contributed by atoms with Crippen molar-refractivity contribution >= 4 is 12.6 Å². The third-order valence-electron chi connectivity index (χ3n) is 3.15. The molecule has 0 aromatic rings. The minimum absolute atomic E-state index is 0.0359. The topological polar surface area (TPSA) is 20.2 Å². The number of thiol groups is 1. The lowest BCUT2D eigenvalue weighted by Gasteiger charge is -2.14. The van der Waals surface area contributed by atoms with Gasteiger partial charge in [-0.15, -0.1) is 0 Å². The van der Waals surface area contributed by atoms with Crippen LogP contribution < -0.4 is 0 Å². The molecule has 0 heterocycles. The van der Waals surface area contributed by atoms with Gasteiger partial charge in [-0.2, -0.15) is 12.6 Å². The number of rotatable bonds is 0. The van der Waals surface area contributed by atoms with E-state index in [1.54, 1.807) is 0 Å². The van der Waals surface area contributed by atoms with Crippen LogP contribution >= 0.6 is 12.6 Å². The first-order valence-corrected chi connectivity index (χ1v) is 6.67. The Morgan fingerprint density at radius 2 is 1.14 bits per heavy atom. The van der Waals surface area contributed by atoms with E-state index in [0.29, 0.717) is 0 Å². The van der Waals surface area contributed by atoms with Crippen LogP contribution in [-0.4, -0.2) is 16.5 Å². The molecule has 2 saturated carbocycles. The quantitative estimate of drug-likeness (QED) is 0.593. The van der Waals surface area contributed by atoms with Gasteiger partial charge in [0.25, 0.3) is 0 Å². The SMILES string of the molecule is OC1CCCCC1.SC1CCCCC1. The molecule has 2 heteroatoms. The number of hydrogen-bond donors (Lipinski definition) is 2. The first-order chi connectivity index (χ1) is 6.79. The lowest BCUT2D eigenvalue weighted by molar-refractivity contribution is 0.130. The molecule has 14 heavy (non-hydrogen) atoms. The van der Waals surface area contributed by atoms with E-state index in [2.05, 4.69) is 12.6 Å². The standard InChI is InChI=1S/C6H12O.C6H12S/c2*7-6-4-2-1-3-5-6/h2*6-7H,1-5H2. The zero-order valence-electron chi connectivity index (χ0n) is 9.12. The molecule has 0 aliphatic heterocycles. The fourth-order valence-electron chi connectivity index (χ4n) is 2.16. The van der Waals surface area contributed by atoms with Crippen molar-refractivity contribution in [3.8, 4) is 0 Å². The average Bonchev–Trinajstić information content (AvgIpc) is 2.21. The highest BCUT2D eigenvalue weighted by Gasteiger charge is 2.07. The van der Waals surface area contributed by atoms with Crippen molar-refractivity contribution in [2.75, 3.05) is 0 Å². The Hall–Kier alpha value is 0.310. The lowest BCUT2D eigenvalue weighted by Crippen LogP contribution is -2.09. The van der Waals surface area contributed by atoms with Crippen molar-refractivity contribution in [3.63, 3.8) is 0 Å². The van der Waals surface area contributed by atoms with Crippen LogP contribution in [0.2, 0.25) is 0 Å². The highest BCUT2D eigenvalue weighted by molar-refractivity contribution is 7.80. The van der Waals surface area contributed by atoms with Crippen LogP contribution in [0.25, 0.3) is 0 Å². The van der Waals surface area contributed by atoms with E-state index in [1.165, 1.54) is 51.4 Å². The third-order valence-corrected chi connectivity index (χ3v) is 3.67. The second-order valence-electron chi connectivity index (χ2n) is 4.58. The van der Waals surface area contributed by atoms with Gasteiger partial charge in [0.1, 0.15) is 0 Å². The highest BCUT2D eigenvalue weighted by atomic mass is 32.1. The predicted molar refractivity (Wildman–Crippen MR) is 65.0 cm³/mol. The summed E-state index contributed by atoms with van der Waals surface area (Å²) in [6, 6.07) is 0. The van der Waals surface area contributed by atoms with E-state index in [-0.39, 0.29) is 6.10 Å². The van der Waals surface area contributed by atoms with Gasteiger partial charge in [0.15, 0.2) is 0 Å². The van der Waals surface area contributed by atoms with Crippen molar-refractivity contribution < 1.29 is 5.11 Å². The van der Waals surface area contributed by atoms with E-state index in [9.17, 15) is 0 Å². The number of aliphatic hydroxyl groups excluding tert-OH is 1. The third kappa shape index (κ3) is 5.92. The maximum absolute atomic E-state index is 8.91. The van der Waals surface area contributed by atoms with Gasteiger partial charge >= 0.3 is 0 Å². The van der Waals surface area contributed by atoms with Gasteiger partial charge in [0, 0.05) is 5.25 Å². The molecular formula is C12H24OS. The first kappa shape index (κ1) is 12.4. The summed E-state index contributed by atoms with van der Waals surface area (Å²) in [6.45, 7) is 0. The molecule has 0 radical (unpaired) electrons. The van der Waals surface area contributed by atoms with Gasteiger partial charge in [-0.05, 0) is 25.7 Å². The summed E-state index contributed by atoms with van der Waals surface area (Å²) >= 11 is 4.36. The molecule has 0 bridgehead atoms. The molecule has 0 amide bonds. The predicted octanol–water partition coefficient (Wildman–Crippen LogP) is 3.56. The largest absolute Gasteiger partial charge is 0.393 e. The molecule has 0 saturated heterocycles. The summed E-state index contributed by atoms with van der Waals surface area (Å²) in [6.07, 6.45) is 12.9. The van der Waals surface area contributed by atoms with E-state index in [1.807, 2.05) is 0 Å². The maximum Gasteiger partial charge on any atom is 0.0540 e. The molecule has 0 spiro atoms. The Morgan fingerprint density at radius 3 is 1.36 bits per heavy atom. The zero-order valence-corrected chi connectivity index (χ0v) is 10.0. The van der Waals surface area contributed by atoms with Crippen molar-refractivity contribution in [3.05, 3.63) is 0 Å². The van der Waals surface area contributed by atoms with Gasteiger partial charge < -0.3 is 5.11 Å². The molecule has 0 aromatic carbocycles. The van der Waals surface area contributed by atoms with Gasteiger partial charge in [-0.1, -0.05) is 38.5 Å². The Morgan fingerprint density at radius 1 is 0.714 bits per heavy atom. The molecule has 2 fully saturated rings. The normalized spacial score (nSPS) is 25.3. The molecule has 0 unspecified atom stereocenters. The molecule has 2 aliphatic carbocycles. The molecule has 0 atom stereocenters. The van der Waals surface area contributed by atoms with Crippen LogP contribution in [0.5, 0.6) is 0 Å². The van der Waals surface area contributed by atoms with Crippen LogP contribution in [0.3, 0.4) is 0 Å². The maximum atomic E-state index is 8.91. The fraction of sp³-hybridized carbons (Fsp3) is 1.00. The van der Waals surface area contributed by atoms with Gasteiger partial charge in [-0.25, -0.2) is 0 Å². The summed E-state index contributed by atoms with van der Waals surface area (Å²) < 4.78 is 0. The first-order valence-electron chi connectivity index (χ1n) is 6.15. The van der Waals surface area contributed by atoms with E-state index in [0.717, 1.165) is 18.1 Å². The summed E-state index contributed by atoms with van der Waals surface area (Å²) in [5.41, 5.74) is 0. The van der Waals surface area contributed by atoms with Crippen LogP contribution in [0.1, 0.15) is 64.2 Å². The second kappa shape index (κ2) is 7.58. The van der Waals surface area contributed by atoms with Crippen LogP contribution in [0.4, 0.5) is 0 Å². The molecule has 0 aromatic heterocycles. The summed E-state index contributed by atoms with van der Waals surface area (Å²) in [7, 11) is 0. The Labute approximate surface area is 93.7 Å². The van der Waals surface area contributed by atoms with Crippen molar-refractivity contribution in [2.24, 2.45) is 0 Å². The van der Waals surface area contributed by atoms with Crippen LogP contribution in [-0.2, 0) is 0 Å². The second-order valence-corrected chi connectivity index (χ2v) is 5.31. The van der Waals surface area contributed by atoms with Crippen molar-refractivity contribution in [1.29, 1.82) is 0 Å². The summed E-state index contributed by atoms with van der Waals surface area (Å²) in [4.78, 5) is 0. The Kier molecular flexibility index (Phi) is 6.70. The molecule has 1 nitrogen and oxygen atoms in total. The summed E-state index contributed by atoms with van der Waals surface area (Å²) in [5, 5.41) is 9.64. The minimum Gasteiger partial charge on any atom is -0.393 e. The molecule has 2 aliphatic rings. The lowest BCUT2D eigenvalue weighted by atomic mass is 9.98. The van der Waals surface area contributed by atoms with Crippen LogP contribution in [0.15, 0.2) is 0 Å². The van der Waals surface area contributed by atoms with Gasteiger partial charge in [-0.3, -0.25) is 0 Å². The zero-order chi connectivity index (χ0) is 10.2. The van der Waals surface area contributed by atoms with Crippen molar-refractivity contribution in [2.45, 2.75) is 75.6 Å². The summed E-state index contributed by atoms with van der Waals surface area (Å²) in [5.74, 6) is 0. The van der Waals surface area contributed by atoms with Crippen LogP contribution in [0, 0.1) is 0 Å². The molecule has 84 valence electrons. The van der Waals surface area contributed by atoms with E-state index >= 15 is 0 Å². The van der Waals surface area contributed by atoms with Gasteiger partial charge in [0.2, 0.25) is 0 Å². The highest BCUT2D eigenvalue weighted by Crippen LogP contribution is 2.21. The Balaban J connectivity index is 0.000000140. The minimum atomic E-state index is 0.0359. The fourth-order valence-corrected chi connectivity index (χ4v) is 2.53. The van der Waals surface area contributed by atoms with Crippen molar-refractivity contribution in [1.82, 2.24) is 0 Å². The molecule has 2 rings (SSSR count). The molecular weight excluding hydrogens is 192 g/mol. The van der Waals surface area contributed by atoms with Gasteiger partial charge in [0.05, 0.1) is 6.10 Å². The Bertz CT molecular complexity index is 110.